The average Bonchev–Trinajstić information content (AvgIpc) is 2.04. The standard InChI is InChI=1S/C9H11BO/c1-2-7-11-9-5-3-8(10)4-6-9/h3-6H,2,7H2,1H3. The molecule has 0 unspecified atom stereocenters. The highest BCUT2D eigenvalue weighted by Crippen LogP contribution is 2.06. The lowest BCUT2D eigenvalue weighted by Crippen LogP contribution is -2.01. The van der Waals surface area contributed by atoms with E-state index in [1.54, 1.807) is 0 Å². The van der Waals surface area contributed by atoms with Crippen molar-refractivity contribution in [2.24, 2.45) is 0 Å². The van der Waals surface area contributed by atoms with E-state index in [1.807, 2.05) is 24.3 Å². The SMILES string of the molecule is [B]c1ccc(OCCC)cc1. The van der Waals surface area contributed by atoms with Gasteiger partial charge in [-0.3, -0.25) is 0 Å². The zero-order valence-electron chi connectivity index (χ0n) is 6.71. The van der Waals surface area contributed by atoms with E-state index in [2.05, 4.69) is 6.92 Å². The summed E-state index contributed by atoms with van der Waals surface area (Å²) in [6, 6.07) is 7.44. The molecule has 0 aromatic heterocycles. The normalized spacial score (nSPS) is 9.55. The first-order valence-electron chi connectivity index (χ1n) is 3.81. The van der Waals surface area contributed by atoms with Crippen molar-refractivity contribution in [3.8, 4) is 5.75 Å². The Morgan fingerprint density at radius 1 is 1.27 bits per heavy atom. The molecule has 56 valence electrons. The van der Waals surface area contributed by atoms with Gasteiger partial charge in [-0.05, 0) is 18.6 Å². The molecule has 0 atom stereocenters. The predicted octanol–water partition coefficient (Wildman–Crippen LogP) is 1.27. The summed E-state index contributed by atoms with van der Waals surface area (Å²) in [4.78, 5) is 0. The highest BCUT2D eigenvalue weighted by molar-refractivity contribution is 6.32. The summed E-state index contributed by atoms with van der Waals surface area (Å²) in [7, 11) is 5.50. The number of hydrogen-bond acceptors (Lipinski definition) is 1. The first-order chi connectivity index (χ1) is 5.33. The van der Waals surface area contributed by atoms with Crippen LogP contribution in [0.5, 0.6) is 5.75 Å². The number of rotatable bonds is 3. The van der Waals surface area contributed by atoms with Gasteiger partial charge in [0.05, 0.1) is 6.61 Å². The highest BCUT2D eigenvalue weighted by atomic mass is 16.5. The topological polar surface area (TPSA) is 9.23 Å². The van der Waals surface area contributed by atoms with Crippen molar-refractivity contribution in [3.05, 3.63) is 24.3 Å². The van der Waals surface area contributed by atoms with Crippen LogP contribution in [0.3, 0.4) is 0 Å². The Bertz CT molecular complexity index is 205. The molecule has 11 heavy (non-hydrogen) atoms. The highest BCUT2D eigenvalue weighted by Gasteiger charge is 1.89. The molecule has 2 radical (unpaired) electrons. The molecule has 1 aromatic carbocycles. The summed E-state index contributed by atoms with van der Waals surface area (Å²) in [6.07, 6.45) is 1.03. The van der Waals surface area contributed by atoms with Crippen LogP contribution in [0, 0.1) is 0 Å². The maximum atomic E-state index is 5.50. The molecule has 0 amide bonds. The lowest BCUT2D eigenvalue weighted by atomic mass is 9.97. The fourth-order valence-electron chi connectivity index (χ4n) is 0.784. The van der Waals surface area contributed by atoms with E-state index in [4.69, 9.17) is 12.6 Å². The maximum Gasteiger partial charge on any atom is 0.119 e. The van der Waals surface area contributed by atoms with E-state index in [1.165, 1.54) is 0 Å². The average molecular weight is 146 g/mol. The van der Waals surface area contributed by atoms with Gasteiger partial charge in [-0.25, -0.2) is 0 Å². The molecule has 1 nitrogen and oxygen atoms in total. The quantitative estimate of drug-likeness (QED) is 0.583. The second-order valence-corrected chi connectivity index (χ2v) is 2.42. The summed E-state index contributed by atoms with van der Waals surface area (Å²) in [6.45, 7) is 2.85. The van der Waals surface area contributed by atoms with Crippen LogP contribution in [0.2, 0.25) is 0 Å². The van der Waals surface area contributed by atoms with E-state index in [-0.39, 0.29) is 0 Å². The second kappa shape index (κ2) is 4.07. The smallest absolute Gasteiger partial charge is 0.119 e. The zero-order chi connectivity index (χ0) is 8.10. The molecular formula is C9H11BO. The molecular weight excluding hydrogens is 135 g/mol. The summed E-state index contributed by atoms with van der Waals surface area (Å²) in [5.74, 6) is 0.890. The number of benzene rings is 1. The van der Waals surface area contributed by atoms with Gasteiger partial charge in [-0.2, -0.15) is 0 Å². The molecule has 0 aliphatic rings. The first-order valence-corrected chi connectivity index (χ1v) is 3.81. The van der Waals surface area contributed by atoms with Gasteiger partial charge >= 0.3 is 0 Å². The Morgan fingerprint density at radius 3 is 2.45 bits per heavy atom. The van der Waals surface area contributed by atoms with Gasteiger partial charge in [-0.15, -0.1) is 0 Å². The van der Waals surface area contributed by atoms with Crippen molar-refractivity contribution in [2.45, 2.75) is 13.3 Å². The van der Waals surface area contributed by atoms with Gasteiger partial charge in [0, 0.05) is 0 Å². The van der Waals surface area contributed by atoms with Gasteiger partial charge in [0.1, 0.15) is 13.6 Å². The molecule has 0 aliphatic heterocycles. The minimum absolute atomic E-state index is 0.768. The van der Waals surface area contributed by atoms with Crippen molar-refractivity contribution in [2.75, 3.05) is 6.61 Å². The minimum Gasteiger partial charge on any atom is -0.494 e. The summed E-state index contributed by atoms with van der Waals surface area (Å²) in [5.41, 5.74) is 0.772. The Labute approximate surface area is 68.8 Å². The van der Waals surface area contributed by atoms with Crippen LogP contribution in [-0.2, 0) is 0 Å². The molecule has 1 rings (SSSR count). The van der Waals surface area contributed by atoms with E-state index < -0.39 is 0 Å². The molecule has 0 aliphatic carbocycles. The van der Waals surface area contributed by atoms with Crippen LogP contribution in [-0.4, -0.2) is 14.5 Å². The molecule has 0 spiro atoms. The molecule has 0 heterocycles. The lowest BCUT2D eigenvalue weighted by Gasteiger charge is -2.03. The molecule has 0 bridgehead atoms. The molecule has 0 N–H and O–H groups in total. The second-order valence-electron chi connectivity index (χ2n) is 2.42. The van der Waals surface area contributed by atoms with Crippen molar-refractivity contribution in [1.29, 1.82) is 0 Å². The van der Waals surface area contributed by atoms with Crippen molar-refractivity contribution < 1.29 is 4.74 Å². The zero-order valence-corrected chi connectivity index (χ0v) is 6.71. The minimum atomic E-state index is 0.768. The van der Waals surface area contributed by atoms with E-state index in [0.29, 0.717) is 0 Å². The first kappa shape index (κ1) is 8.18. The van der Waals surface area contributed by atoms with E-state index in [0.717, 1.165) is 24.2 Å². The maximum absolute atomic E-state index is 5.50. The third-order valence-electron chi connectivity index (χ3n) is 1.35. The van der Waals surface area contributed by atoms with Gasteiger partial charge in [0.15, 0.2) is 0 Å². The Balaban J connectivity index is 2.52. The molecule has 0 saturated carbocycles. The number of hydrogen-bond donors (Lipinski definition) is 0. The van der Waals surface area contributed by atoms with Crippen molar-refractivity contribution in [3.63, 3.8) is 0 Å². The van der Waals surface area contributed by atoms with Crippen LogP contribution < -0.4 is 10.2 Å². The van der Waals surface area contributed by atoms with Crippen LogP contribution >= 0.6 is 0 Å². The van der Waals surface area contributed by atoms with Gasteiger partial charge in [-0.1, -0.05) is 24.5 Å². The fourth-order valence-corrected chi connectivity index (χ4v) is 0.784. The van der Waals surface area contributed by atoms with Gasteiger partial charge < -0.3 is 4.74 Å². The molecule has 1 aromatic rings. The fraction of sp³-hybridized carbons (Fsp3) is 0.333. The van der Waals surface area contributed by atoms with E-state index in [9.17, 15) is 0 Å². The van der Waals surface area contributed by atoms with Gasteiger partial charge in [0.2, 0.25) is 0 Å². The van der Waals surface area contributed by atoms with Crippen LogP contribution in [0.15, 0.2) is 24.3 Å². The van der Waals surface area contributed by atoms with Crippen LogP contribution in [0.1, 0.15) is 13.3 Å². The molecule has 2 heteroatoms. The molecule has 0 fully saturated rings. The van der Waals surface area contributed by atoms with Crippen molar-refractivity contribution in [1.82, 2.24) is 0 Å². The Morgan fingerprint density at radius 2 is 1.91 bits per heavy atom. The molecule has 0 saturated heterocycles. The van der Waals surface area contributed by atoms with Gasteiger partial charge in [0.25, 0.3) is 0 Å². The summed E-state index contributed by atoms with van der Waals surface area (Å²) >= 11 is 0. The predicted molar refractivity (Wildman–Crippen MR) is 47.6 cm³/mol. The van der Waals surface area contributed by atoms with Crippen LogP contribution in [0.25, 0.3) is 0 Å². The number of ether oxygens (including phenoxy) is 1. The summed E-state index contributed by atoms with van der Waals surface area (Å²) < 4.78 is 5.35. The monoisotopic (exact) mass is 146 g/mol. The lowest BCUT2D eigenvalue weighted by molar-refractivity contribution is 0.317. The Kier molecular flexibility index (Phi) is 3.03. The van der Waals surface area contributed by atoms with Crippen LogP contribution in [0.4, 0.5) is 0 Å². The Hall–Kier alpha value is -0.915. The largest absolute Gasteiger partial charge is 0.494 e. The third-order valence-corrected chi connectivity index (χ3v) is 1.35. The summed E-state index contributed by atoms with van der Waals surface area (Å²) in [5, 5.41) is 0. The van der Waals surface area contributed by atoms with Crippen molar-refractivity contribution >= 4 is 13.3 Å². The van der Waals surface area contributed by atoms with E-state index >= 15 is 0 Å². The third kappa shape index (κ3) is 2.66.